The molecule has 0 aromatic rings. The van der Waals surface area contributed by atoms with Gasteiger partial charge in [-0.3, -0.25) is 9.59 Å². The summed E-state index contributed by atoms with van der Waals surface area (Å²) < 4.78 is 17.2. The molecule has 0 aromatic heterocycles. The van der Waals surface area contributed by atoms with Gasteiger partial charge in [-0.05, 0) is 64.2 Å². The van der Waals surface area contributed by atoms with E-state index in [0.29, 0.717) is 12.8 Å². The molecule has 0 amide bonds. The normalized spacial score (nSPS) is 13.0. The minimum atomic E-state index is -1.12. The first kappa shape index (κ1) is 58.8. The van der Waals surface area contributed by atoms with Crippen LogP contribution in [0.4, 0.5) is 0 Å². The van der Waals surface area contributed by atoms with Gasteiger partial charge in [-0.1, -0.05) is 186 Å². The number of esters is 2. The number of ether oxygens (including phenoxy) is 3. The highest BCUT2D eigenvalue weighted by molar-refractivity contribution is 5.70. The fraction of sp³-hybridized carbons (Fsp3) is 0.868. The molecule has 0 aliphatic rings. The average Bonchev–Trinajstić information content (AvgIpc) is 3.22. The molecule has 0 aliphatic heterocycles. The second-order valence-corrected chi connectivity index (χ2v) is 18.8. The number of likely N-dealkylation sites (N-methyl/N-ethyl adjacent to an activating group) is 1. The van der Waals surface area contributed by atoms with Crippen LogP contribution in [0, 0.1) is 0 Å². The summed E-state index contributed by atoms with van der Waals surface area (Å²) in [6.45, 7) is 4.68. The summed E-state index contributed by atoms with van der Waals surface area (Å²) in [5.74, 6) is -1.73. The van der Waals surface area contributed by atoms with Gasteiger partial charge in [-0.25, -0.2) is 0 Å². The zero-order valence-corrected chi connectivity index (χ0v) is 40.8. The maximum atomic E-state index is 12.8. The van der Waals surface area contributed by atoms with Crippen LogP contribution in [0.25, 0.3) is 0 Å². The molecule has 61 heavy (non-hydrogen) atoms. The van der Waals surface area contributed by atoms with E-state index in [1.54, 1.807) is 21.1 Å². The van der Waals surface area contributed by atoms with Gasteiger partial charge in [0.05, 0.1) is 40.3 Å². The van der Waals surface area contributed by atoms with Gasteiger partial charge in [-0.2, -0.15) is 0 Å². The Morgan fingerprint density at radius 2 is 0.820 bits per heavy atom. The fourth-order valence-electron chi connectivity index (χ4n) is 7.77. The first-order valence-corrected chi connectivity index (χ1v) is 25.9. The summed E-state index contributed by atoms with van der Waals surface area (Å²) in [5, 5.41) is 11.7. The summed E-state index contributed by atoms with van der Waals surface area (Å²) in [4.78, 5) is 37.0. The Hall–Kier alpha value is -2.19. The van der Waals surface area contributed by atoms with E-state index >= 15 is 0 Å². The molecule has 8 heteroatoms. The minimum absolute atomic E-state index is 0.0410. The van der Waals surface area contributed by atoms with E-state index in [2.05, 4.69) is 38.2 Å². The van der Waals surface area contributed by atoms with Gasteiger partial charge >= 0.3 is 11.9 Å². The van der Waals surface area contributed by atoms with Crippen molar-refractivity contribution in [1.82, 2.24) is 0 Å². The monoisotopic (exact) mass is 862 g/mol. The van der Waals surface area contributed by atoms with Crippen molar-refractivity contribution >= 4 is 17.9 Å². The van der Waals surface area contributed by atoms with Gasteiger partial charge in [-0.15, -0.1) is 0 Å². The number of quaternary nitrogens is 1. The molecule has 0 heterocycles. The summed E-state index contributed by atoms with van der Waals surface area (Å²) >= 11 is 0. The van der Waals surface area contributed by atoms with E-state index in [0.717, 1.165) is 38.5 Å². The number of unbranched alkanes of at least 4 members (excludes halogenated alkanes) is 29. The van der Waals surface area contributed by atoms with Crippen LogP contribution in [0.5, 0.6) is 0 Å². The Kier molecular flexibility index (Phi) is 42.8. The van der Waals surface area contributed by atoms with Crippen LogP contribution in [0.2, 0.25) is 0 Å². The van der Waals surface area contributed by atoms with E-state index < -0.39 is 18.1 Å². The molecule has 0 N–H and O–H groups in total. The molecule has 0 saturated heterocycles. The summed E-state index contributed by atoms with van der Waals surface area (Å²) in [7, 11) is 5.42. The van der Waals surface area contributed by atoms with Crippen molar-refractivity contribution in [3.05, 3.63) is 24.3 Å². The molecular weight excluding hydrogens is 763 g/mol. The Labute approximate surface area is 377 Å². The smallest absolute Gasteiger partial charge is 0.306 e. The van der Waals surface area contributed by atoms with Crippen molar-refractivity contribution < 1.29 is 38.2 Å². The second kappa shape index (κ2) is 44.4. The second-order valence-electron chi connectivity index (χ2n) is 18.8. The van der Waals surface area contributed by atoms with Gasteiger partial charge in [0.25, 0.3) is 0 Å². The number of nitrogens with zero attached hydrogens (tertiary/aromatic N) is 1. The van der Waals surface area contributed by atoms with Crippen LogP contribution in [0.3, 0.4) is 0 Å². The Bertz CT molecular complexity index is 1050. The lowest BCUT2D eigenvalue weighted by molar-refractivity contribution is -0.889. The Balaban J connectivity index is 4.24. The van der Waals surface area contributed by atoms with Crippen molar-refractivity contribution in [3.8, 4) is 0 Å². The van der Waals surface area contributed by atoms with Crippen molar-refractivity contribution in [2.24, 2.45) is 0 Å². The number of carboxylic acid groups (broad SMARTS) is 1. The third kappa shape index (κ3) is 42.9. The lowest BCUT2D eigenvalue weighted by Gasteiger charge is -2.34. The van der Waals surface area contributed by atoms with Gasteiger partial charge in [0.2, 0.25) is 0 Å². The highest BCUT2D eigenvalue weighted by Gasteiger charge is 2.25. The van der Waals surface area contributed by atoms with E-state index in [-0.39, 0.29) is 42.7 Å². The molecule has 0 aromatic carbocycles. The molecular formula is C53H99NO7. The zero-order valence-electron chi connectivity index (χ0n) is 40.8. The first-order chi connectivity index (χ1) is 29.6. The van der Waals surface area contributed by atoms with Gasteiger partial charge in [0, 0.05) is 19.3 Å². The molecule has 0 aliphatic carbocycles. The Morgan fingerprint density at radius 1 is 0.475 bits per heavy atom. The molecule has 0 saturated carbocycles. The zero-order chi connectivity index (χ0) is 44.9. The lowest BCUT2D eigenvalue weighted by Crippen LogP contribution is -2.55. The van der Waals surface area contributed by atoms with Gasteiger partial charge < -0.3 is 28.6 Å². The fourth-order valence-corrected chi connectivity index (χ4v) is 7.77. The third-order valence-electron chi connectivity index (χ3n) is 11.8. The Morgan fingerprint density at radius 3 is 1.18 bits per heavy atom. The van der Waals surface area contributed by atoms with Crippen LogP contribution in [-0.2, 0) is 28.6 Å². The van der Waals surface area contributed by atoms with Crippen molar-refractivity contribution in [3.63, 3.8) is 0 Å². The molecule has 0 bridgehead atoms. The number of carbonyl (C=O) groups excluding carboxylic acids is 3. The van der Waals surface area contributed by atoms with Crippen molar-refractivity contribution in [1.29, 1.82) is 0 Å². The summed E-state index contributed by atoms with van der Waals surface area (Å²) in [5.41, 5.74) is 0. The number of hydrogen-bond donors (Lipinski definition) is 0. The summed E-state index contributed by atoms with van der Waals surface area (Å²) in [6, 6.07) is -0.725. The van der Waals surface area contributed by atoms with E-state index in [4.69, 9.17) is 14.2 Å². The van der Waals surface area contributed by atoms with Crippen molar-refractivity contribution in [2.75, 3.05) is 41.0 Å². The highest BCUT2D eigenvalue weighted by atomic mass is 16.6. The number of aliphatic carboxylic acids is 1. The quantitative estimate of drug-likeness (QED) is 0.0260. The third-order valence-corrected chi connectivity index (χ3v) is 11.8. The van der Waals surface area contributed by atoms with Gasteiger partial charge in [0.1, 0.15) is 12.6 Å². The number of allylic oxidation sites excluding steroid dienone is 4. The molecule has 2 atom stereocenters. The lowest BCUT2D eigenvalue weighted by atomic mass is 10.1. The molecule has 358 valence electrons. The number of carbonyl (C=O) groups is 3. The molecule has 2 unspecified atom stereocenters. The average molecular weight is 862 g/mol. The molecule has 0 fully saturated rings. The van der Waals surface area contributed by atoms with E-state index in [1.807, 2.05) is 0 Å². The number of hydrogen-bond acceptors (Lipinski definition) is 7. The highest BCUT2D eigenvalue weighted by Crippen LogP contribution is 2.15. The van der Waals surface area contributed by atoms with E-state index in [9.17, 15) is 19.5 Å². The van der Waals surface area contributed by atoms with Gasteiger partial charge in [0.15, 0.2) is 6.10 Å². The largest absolute Gasteiger partial charge is 0.544 e. The van der Waals surface area contributed by atoms with Crippen molar-refractivity contribution in [2.45, 2.75) is 257 Å². The molecule has 0 rings (SSSR count). The van der Waals surface area contributed by atoms with Crippen LogP contribution in [0.15, 0.2) is 24.3 Å². The molecule has 8 nitrogen and oxygen atoms in total. The summed E-state index contributed by atoms with van der Waals surface area (Å²) in [6.07, 6.45) is 50.6. The SMILES string of the molecule is CCCCCCCC/C=C/CCCCCCCCCC(=O)OCC(COCCC(C(=O)[O-])[N+](C)(C)C)OC(=O)CCCCCCCCC/C=C/CCCCCCCCCCC. The predicted molar refractivity (Wildman–Crippen MR) is 254 cm³/mol. The first-order valence-electron chi connectivity index (χ1n) is 25.9. The molecule has 0 radical (unpaired) electrons. The van der Waals surface area contributed by atoms with Crippen LogP contribution >= 0.6 is 0 Å². The maximum Gasteiger partial charge on any atom is 0.306 e. The van der Waals surface area contributed by atoms with E-state index in [1.165, 1.54) is 173 Å². The standard InChI is InChI=1S/C53H99NO7/c1-6-8-10-12-14-16-18-20-22-24-25-26-28-30-32-34-36-38-40-42-44-52(56)61-49(47-59-46-45-50(53(57)58)54(3,4)5)48-60-51(55)43-41-39-37-35-33-31-29-27-23-21-19-17-15-13-11-9-7-2/h21,23,25-26,49-50H,6-20,22,24,27-48H2,1-5H3/b23-21+,26-25+. The predicted octanol–water partition coefficient (Wildman–Crippen LogP) is 13.5. The number of carboxylic acids is 1. The van der Waals surface area contributed by atoms with Crippen LogP contribution in [-0.4, -0.2) is 75.5 Å². The number of rotatable bonds is 47. The van der Waals surface area contributed by atoms with Crippen LogP contribution < -0.4 is 5.11 Å². The van der Waals surface area contributed by atoms with Crippen LogP contribution in [0.1, 0.15) is 245 Å². The maximum absolute atomic E-state index is 12.8. The minimum Gasteiger partial charge on any atom is -0.544 e. The molecule has 0 spiro atoms. The topological polar surface area (TPSA) is 102 Å².